The molecule has 1 aromatic rings. The Morgan fingerprint density at radius 3 is 2.75 bits per heavy atom. The molecule has 1 aromatic carbocycles. The van der Waals surface area contributed by atoms with Gasteiger partial charge in [-0.1, -0.05) is 11.6 Å². The van der Waals surface area contributed by atoms with Crippen LogP contribution in [0.5, 0.6) is 0 Å². The average Bonchev–Trinajstić information content (AvgIpc) is 2.45. The van der Waals surface area contributed by atoms with Gasteiger partial charge in [-0.3, -0.25) is 4.72 Å². The Balaban J connectivity index is 1.97. The summed E-state index contributed by atoms with van der Waals surface area (Å²) >= 11 is 7.43. The molecule has 0 fully saturated rings. The van der Waals surface area contributed by atoms with Gasteiger partial charge in [-0.05, 0) is 44.0 Å². The molecule has 7 heteroatoms. The van der Waals surface area contributed by atoms with Gasteiger partial charge in [0.25, 0.3) is 0 Å². The number of rotatable bonds is 6. The molecule has 2 N–H and O–H groups in total. The van der Waals surface area contributed by atoms with E-state index in [9.17, 15) is 0 Å². The summed E-state index contributed by atoms with van der Waals surface area (Å²) in [5, 5.41) is 3.93. The number of hydrogen-bond acceptors (Lipinski definition) is 4. The van der Waals surface area contributed by atoms with Crippen LogP contribution in [0.2, 0.25) is 5.02 Å². The van der Waals surface area contributed by atoms with Crippen LogP contribution in [0.1, 0.15) is 13.8 Å². The number of halogens is 1. The van der Waals surface area contributed by atoms with E-state index < -0.39 is 0 Å². The molecular weight excluding hydrogens is 298 g/mol. The van der Waals surface area contributed by atoms with Gasteiger partial charge in [-0.25, -0.2) is 4.99 Å². The molecule has 0 radical (unpaired) electrons. The standard InChI is InChI=1S/C13H18ClN3O2S/c1-3-18-12(19-4-2)8-15-13-16-10-6-5-9(14)7-11(10)20-17-13/h5-7,12H,3-4,8H2,1-2H3,(H2,15,16,17). The second-order valence-electron chi connectivity index (χ2n) is 4.00. The summed E-state index contributed by atoms with van der Waals surface area (Å²) < 4.78 is 14.0. The van der Waals surface area contributed by atoms with Crippen molar-refractivity contribution in [3.05, 3.63) is 23.2 Å². The minimum absolute atomic E-state index is 0.308. The Hall–Kier alpha value is -0.950. The number of nitrogens with one attached hydrogen (secondary N) is 2. The van der Waals surface area contributed by atoms with Crippen molar-refractivity contribution < 1.29 is 9.47 Å². The van der Waals surface area contributed by atoms with Crippen LogP contribution >= 0.6 is 23.5 Å². The molecule has 0 unspecified atom stereocenters. The topological polar surface area (TPSA) is 54.9 Å². The molecule has 0 aliphatic carbocycles. The molecule has 0 saturated carbocycles. The predicted molar refractivity (Wildman–Crippen MR) is 83.4 cm³/mol. The van der Waals surface area contributed by atoms with Crippen LogP contribution in [0, 0.1) is 0 Å². The third kappa shape index (κ3) is 4.28. The number of anilines is 1. The summed E-state index contributed by atoms with van der Waals surface area (Å²) in [5.41, 5.74) is 0.987. The SMILES string of the molecule is CCOC(CN=C1NSc2cc(Cl)ccc2N1)OCC. The van der Waals surface area contributed by atoms with Gasteiger partial charge in [-0.15, -0.1) is 0 Å². The fourth-order valence-electron chi connectivity index (χ4n) is 1.70. The lowest BCUT2D eigenvalue weighted by Gasteiger charge is -2.21. The summed E-state index contributed by atoms with van der Waals surface area (Å²) in [5.74, 6) is 0.689. The van der Waals surface area contributed by atoms with Crippen LogP contribution in [0.25, 0.3) is 0 Å². The molecule has 1 aliphatic rings. The lowest BCUT2D eigenvalue weighted by Crippen LogP contribution is -2.31. The van der Waals surface area contributed by atoms with Gasteiger partial charge < -0.3 is 14.8 Å². The molecule has 0 spiro atoms. The molecule has 1 aliphatic heterocycles. The van der Waals surface area contributed by atoms with E-state index in [1.165, 1.54) is 11.9 Å². The Labute approximate surface area is 128 Å². The number of hydrogen-bond donors (Lipinski definition) is 2. The van der Waals surface area contributed by atoms with Gasteiger partial charge in [0.15, 0.2) is 6.29 Å². The van der Waals surface area contributed by atoms with Crippen LogP contribution in [-0.4, -0.2) is 32.0 Å². The lowest BCUT2D eigenvalue weighted by molar-refractivity contribution is -0.128. The zero-order chi connectivity index (χ0) is 14.4. The number of ether oxygens (including phenoxy) is 2. The van der Waals surface area contributed by atoms with Crippen LogP contribution in [0.15, 0.2) is 28.1 Å². The second-order valence-corrected chi connectivity index (χ2v) is 5.28. The summed E-state index contributed by atoms with van der Waals surface area (Å²) in [6, 6.07) is 5.69. The van der Waals surface area contributed by atoms with Crippen molar-refractivity contribution in [3.63, 3.8) is 0 Å². The number of aliphatic imine (C=N–C) groups is 1. The summed E-state index contributed by atoms with van der Waals surface area (Å²) in [4.78, 5) is 5.48. The zero-order valence-corrected chi connectivity index (χ0v) is 13.1. The van der Waals surface area contributed by atoms with Gasteiger partial charge in [0.2, 0.25) is 5.96 Å². The Bertz CT molecular complexity index is 479. The normalized spacial score (nSPS) is 15.9. The van der Waals surface area contributed by atoms with Crippen LogP contribution in [0.3, 0.4) is 0 Å². The fraction of sp³-hybridized carbons (Fsp3) is 0.462. The average molecular weight is 316 g/mol. The lowest BCUT2D eigenvalue weighted by atomic mass is 10.3. The third-order valence-corrected chi connectivity index (χ3v) is 3.65. The molecule has 0 saturated heterocycles. The highest BCUT2D eigenvalue weighted by atomic mass is 35.5. The monoisotopic (exact) mass is 315 g/mol. The van der Waals surface area contributed by atoms with Gasteiger partial charge in [0.05, 0.1) is 17.1 Å². The van der Waals surface area contributed by atoms with Crippen LogP contribution < -0.4 is 10.0 Å². The van der Waals surface area contributed by atoms with E-state index in [1.54, 1.807) is 0 Å². The van der Waals surface area contributed by atoms with Crippen molar-refractivity contribution in [3.8, 4) is 0 Å². The molecule has 2 rings (SSSR count). The van der Waals surface area contributed by atoms with Crippen molar-refractivity contribution in [2.45, 2.75) is 25.0 Å². The molecule has 0 atom stereocenters. The maximum Gasteiger partial charge on any atom is 0.206 e. The maximum atomic E-state index is 5.95. The molecule has 5 nitrogen and oxygen atoms in total. The maximum absolute atomic E-state index is 5.95. The minimum atomic E-state index is -0.308. The van der Waals surface area contributed by atoms with E-state index in [0.717, 1.165) is 10.6 Å². The molecule has 0 aromatic heterocycles. The highest BCUT2D eigenvalue weighted by Gasteiger charge is 2.15. The van der Waals surface area contributed by atoms with Crippen molar-refractivity contribution in [2.75, 3.05) is 25.1 Å². The van der Waals surface area contributed by atoms with Crippen LogP contribution in [-0.2, 0) is 9.47 Å². The third-order valence-electron chi connectivity index (χ3n) is 2.56. The van der Waals surface area contributed by atoms with E-state index in [-0.39, 0.29) is 6.29 Å². The quantitative estimate of drug-likeness (QED) is 0.624. The first-order chi connectivity index (χ1) is 9.72. The van der Waals surface area contributed by atoms with Crippen molar-refractivity contribution in [1.29, 1.82) is 0 Å². The molecular formula is C13H18ClN3O2S. The van der Waals surface area contributed by atoms with Gasteiger partial charge >= 0.3 is 0 Å². The second kappa shape index (κ2) is 7.73. The summed E-state index contributed by atoms with van der Waals surface area (Å²) in [6.45, 7) is 5.53. The van der Waals surface area contributed by atoms with E-state index in [4.69, 9.17) is 21.1 Å². The molecule has 20 heavy (non-hydrogen) atoms. The highest BCUT2D eigenvalue weighted by molar-refractivity contribution is 7.98. The molecule has 0 bridgehead atoms. The first-order valence-electron chi connectivity index (χ1n) is 6.50. The van der Waals surface area contributed by atoms with E-state index in [2.05, 4.69) is 15.0 Å². The first-order valence-corrected chi connectivity index (χ1v) is 7.69. The fourth-order valence-corrected chi connectivity index (χ4v) is 2.68. The van der Waals surface area contributed by atoms with Gasteiger partial charge in [0, 0.05) is 18.2 Å². The summed E-state index contributed by atoms with van der Waals surface area (Å²) in [6.07, 6.45) is -0.308. The van der Waals surface area contributed by atoms with Crippen molar-refractivity contribution >= 4 is 35.2 Å². The molecule has 1 heterocycles. The zero-order valence-electron chi connectivity index (χ0n) is 11.5. The smallest absolute Gasteiger partial charge is 0.206 e. The minimum Gasteiger partial charge on any atom is -0.351 e. The Morgan fingerprint density at radius 1 is 1.30 bits per heavy atom. The van der Waals surface area contributed by atoms with E-state index in [1.807, 2.05) is 32.0 Å². The van der Waals surface area contributed by atoms with Crippen molar-refractivity contribution in [2.24, 2.45) is 4.99 Å². The largest absolute Gasteiger partial charge is 0.351 e. The van der Waals surface area contributed by atoms with E-state index >= 15 is 0 Å². The molecule has 0 amide bonds. The van der Waals surface area contributed by atoms with Crippen LogP contribution in [0.4, 0.5) is 5.69 Å². The van der Waals surface area contributed by atoms with Crippen molar-refractivity contribution in [1.82, 2.24) is 4.72 Å². The number of nitrogens with zero attached hydrogens (tertiary/aromatic N) is 1. The van der Waals surface area contributed by atoms with E-state index in [0.29, 0.717) is 30.7 Å². The number of guanidine groups is 1. The predicted octanol–water partition coefficient (Wildman–Crippen LogP) is 3.12. The first kappa shape index (κ1) is 15.4. The number of benzene rings is 1. The van der Waals surface area contributed by atoms with Gasteiger partial charge in [0.1, 0.15) is 0 Å². The van der Waals surface area contributed by atoms with Gasteiger partial charge in [-0.2, -0.15) is 0 Å². The Morgan fingerprint density at radius 2 is 2.05 bits per heavy atom. The highest BCUT2D eigenvalue weighted by Crippen LogP contribution is 2.31. The number of fused-ring (bicyclic) bond motifs is 1. The summed E-state index contributed by atoms with van der Waals surface area (Å²) in [7, 11) is 0. The molecule has 110 valence electrons. The Kier molecular flexibility index (Phi) is 5.97.